The Kier molecular flexibility index (Phi) is 4.76. The van der Waals surface area contributed by atoms with Gasteiger partial charge < -0.3 is 10.1 Å². The number of halogens is 1. The second kappa shape index (κ2) is 6.34. The third kappa shape index (κ3) is 3.91. The van der Waals surface area contributed by atoms with Gasteiger partial charge in [-0.1, -0.05) is 0 Å². The van der Waals surface area contributed by atoms with E-state index in [1.165, 1.54) is 9.75 Å². The summed E-state index contributed by atoms with van der Waals surface area (Å²) in [6.07, 6.45) is 2.65. The Morgan fingerprint density at radius 3 is 2.89 bits per heavy atom. The van der Waals surface area contributed by atoms with Crippen LogP contribution in [-0.2, 0) is 6.42 Å². The summed E-state index contributed by atoms with van der Waals surface area (Å²) in [6.45, 7) is 4.24. The Bertz CT molecular complexity index is 559. The van der Waals surface area contributed by atoms with E-state index >= 15 is 0 Å². The molecule has 2 aromatic rings. The molecule has 19 heavy (non-hydrogen) atoms. The molecule has 2 heterocycles. The Morgan fingerprint density at radius 1 is 1.47 bits per heavy atom. The maximum atomic E-state index is 5.15. The lowest BCUT2D eigenvalue weighted by atomic mass is 10.2. The highest BCUT2D eigenvalue weighted by atomic mass is 79.9. The van der Waals surface area contributed by atoms with Crippen molar-refractivity contribution in [2.45, 2.75) is 26.3 Å². The Labute approximate surface area is 125 Å². The van der Waals surface area contributed by atoms with Crippen LogP contribution in [0.2, 0.25) is 0 Å². The smallest absolute Gasteiger partial charge is 0.232 e. The topological polar surface area (TPSA) is 47.0 Å². The van der Waals surface area contributed by atoms with Crippen LogP contribution in [0.4, 0.5) is 5.95 Å². The van der Waals surface area contributed by atoms with E-state index in [-0.39, 0.29) is 6.04 Å². The minimum absolute atomic E-state index is 0.268. The number of hydrogen-bond acceptors (Lipinski definition) is 5. The molecule has 1 N–H and O–H groups in total. The third-order valence-electron chi connectivity index (χ3n) is 2.58. The molecule has 0 amide bonds. The number of methoxy groups -OCH3 is 1. The lowest BCUT2D eigenvalue weighted by Gasteiger charge is -2.13. The molecule has 0 aromatic carbocycles. The fraction of sp³-hybridized carbons (Fsp3) is 0.385. The number of thiophene rings is 1. The molecule has 0 saturated heterocycles. The van der Waals surface area contributed by atoms with E-state index in [4.69, 9.17) is 4.74 Å². The number of anilines is 1. The van der Waals surface area contributed by atoms with Crippen molar-refractivity contribution in [1.29, 1.82) is 0 Å². The number of ether oxygens (including phenoxy) is 1. The van der Waals surface area contributed by atoms with Crippen LogP contribution in [0.1, 0.15) is 16.7 Å². The maximum Gasteiger partial charge on any atom is 0.232 e. The first-order chi connectivity index (χ1) is 9.08. The van der Waals surface area contributed by atoms with Crippen LogP contribution in [0.15, 0.2) is 22.8 Å². The van der Waals surface area contributed by atoms with Gasteiger partial charge in [-0.05, 0) is 41.9 Å². The van der Waals surface area contributed by atoms with Crippen LogP contribution in [0.25, 0.3) is 0 Å². The summed E-state index contributed by atoms with van der Waals surface area (Å²) in [5.74, 6) is 1.12. The van der Waals surface area contributed by atoms with Crippen molar-refractivity contribution in [2.75, 3.05) is 12.4 Å². The van der Waals surface area contributed by atoms with Crippen molar-refractivity contribution in [3.05, 3.63) is 32.6 Å². The molecule has 4 nitrogen and oxygen atoms in total. The lowest BCUT2D eigenvalue weighted by Crippen LogP contribution is -2.19. The van der Waals surface area contributed by atoms with E-state index in [0.717, 1.165) is 10.9 Å². The monoisotopic (exact) mass is 341 g/mol. The number of rotatable bonds is 5. The number of aryl methyl sites for hydroxylation is 1. The summed E-state index contributed by atoms with van der Waals surface area (Å²) >= 11 is 5.16. The molecule has 0 aliphatic rings. The number of hydrogen-bond donors (Lipinski definition) is 1. The average Bonchev–Trinajstić information content (AvgIpc) is 2.77. The predicted molar refractivity (Wildman–Crippen MR) is 82.1 cm³/mol. The molecule has 2 rings (SSSR count). The Hall–Kier alpha value is -1.14. The molecule has 0 bridgehead atoms. The second-order valence-electron chi connectivity index (χ2n) is 4.31. The normalized spacial score (nSPS) is 12.2. The maximum absolute atomic E-state index is 5.15. The van der Waals surface area contributed by atoms with E-state index in [0.29, 0.717) is 11.8 Å². The van der Waals surface area contributed by atoms with E-state index in [1.54, 1.807) is 13.3 Å². The van der Waals surface area contributed by atoms with Crippen molar-refractivity contribution in [2.24, 2.45) is 0 Å². The SMILES string of the molecule is COc1nc(NC(C)Cc2ccc(C)s2)ncc1Br. The van der Waals surface area contributed by atoms with Crippen molar-refractivity contribution < 1.29 is 4.74 Å². The molecule has 0 spiro atoms. The van der Waals surface area contributed by atoms with Gasteiger partial charge in [-0.25, -0.2) is 4.98 Å². The van der Waals surface area contributed by atoms with Gasteiger partial charge in [0.15, 0.2) is 0 Å². The first-order valence-corrected chi connectivity index (χ1v) is 7.58. The molecule has 1 unspecified atom stereocenters. The summed E-state index contributed by atoms with van der Waals surface area (Å²) in [4.78, 5) is 11.2. The molecule has 102 valence electrons. The minimum atomic E-state index is 0.268. The van der Waals surface area contributed by atoms with Crippen LogP contribution in [0, 0.1) is 6.92 Å². The largest absolute Gasteiger partial charge is 0.480 e. The first kappa shape index (κ1) is 14.3. The quantitative estimate of drug-likeness (QED) is 0.901. The zero-order valence-electron chi connectivity index (χ0n) is 11.1. The first-order valence-electron chi connectivity index (χ1n) is 5.97. The minimum Gasteiger partial charge on any atom is -0.480 e. The third-order valence-corrected chi connectivity index (χ3v) is 4.15. The highest BCUT2D eigenvalue weighted by Crippen LogP contribution is 2.22. The van der Waals surface area contributed by atoms with Gasteiger partial charge in [0.1, 0.15) is 0 Å². The highest BCUT2D eigenvalue weighted by Gasteiger charge is 2.09. The van der Waals surface area contributed by atoms with Crippen molar-refractivity contribution in [3.8, 4) is 5.88 Å². The molecule has 0 saturated carbocycles. The standard InChI is InChI=1S/C13H16BrN3OS/c1-8(6-10-5-4-9(2)19-10)16-13-15-7-11(14)12(17-13)18-3/h4-5,7-8H,6H2,1-3H3,(H,15,16,17). The van der Waals surface area contributed by atoms with Crippen LogP contribution in [0.5, 0.6) is 5.88 Å². The second-order valence-corrected chi connectivity index (χ2v) is 6.54. The van der Waals surface area contributed by atoms with Crippen molar-refractivity contribution in [1.82, 2.24) is 9.97 Å². The van der Waals surface area contributed by atoms with Crippen molar-refractivity contribution >= 4 is 33.2 Å². The fourth-order valence-electron chi connectivity index (χ4n) is 1.73. The van der Waals surface area contributed by atoms with Crippen LogP contribution in [-0.4, -0.2) is 23.1 Å². The molecule has 0 aliphatic heterocycles. The molecule has 0 fully saturated rings. The molecule has 6 heteroatoms. The molecular formula is C13H16BrN3OS. The summed E-state index contributed by atoms with van der Waals surface area (Å²) in [6, 6.07) is 4.58. The summed E-state index contributed by atoms with van der Waals surface area (Å²) in [7, 11) is 1.59. The van der Waals surface area contributed by atoms with Gasteiger partial charge in [0, 0.05) is 22.2 Å². The van der Waals surface area contributed by atoms with E-state index in [2.05, 4.69) is 57.2 Å². The van der Waals surface area contributed by atoms with Crippen LogP contribution in [0.3, 0.4) is 0 Å². The zero-order chi connectivity index (χ0) is 13.8. The zero-order valence-corrected chi connectivity index (χ0v) is 13.5. The van der Waals surface area contributed by atoms with E-state index in [9.17, 15) is 0 Å². The van der Waals surface area contributed by atoms with E-state index < -0.39 is 0 Å². The highest BCUT2D eigenvalue weighted by molar-refractivity contribution is 9.10. The number of nitrogens with one attached hydrogen (secondary N) is 1. The number of aromatic nitrogens is 2. The lowest BCUT2D eigenvalue weighted by molar-refractivity contribution is 0.394. The Balaban J connectivity index is 2.00. The van der Waals surface area contributed by atoms with Gasteiger partial charge >= 0.3 is 0 Å². The molecule has 0 radical (unpaired) electrons. The van der Waals surface area contributed by atoms with Gasteiger partial charge in [-0.2, -0.15) is 4.98 Å². The molecule has 1 atom stereocenters. The molecular weight excluding hydrogens is 326 g/mol. The van der Waals surface area contributed by atoms with Gasteiger partial charge in [0.2, 0.25) is 11.8 Å². The molecule has 2 aromatic heterocycles. The van der Waals surface area contributed by atoms with Gasteiger partial charge in [-0.3, -0.25) is 0 Å². The Morgan fingerprint density at radius 2 is 2.26 bits per heavy atom. The van der Waals surface area contributed by atoms with Gasteiger partial charge in [-0.15, -0.1) is 11.3 Å². The summed E-state index contributed by atoms with van der Waals surface area (Å²) < 4.78 is 5.90. The van der Waals surface area contributed by atoms with Crippen LogP contribution >= 0.6 is 27.3 Å². The predicted octanol–water partition coefficient (Wildman–Crippen LogP) is 3.66. The fourth-order valence-corrected chi connectivity index (χ4v) is 3.10. The van der Waals surface area contributed by atoms with Gasteiger partial charge in [0.05, 0.1) is 17.8 Å². The van der Waals surface area contributed by atoms with Crippen LogP contribution < -0.4 is 10.1 Å². The van der Waals surface area contributed by atoms with Gasteiger partial charge in [0.25, 0.3) is 0 Å². The van der Waals surface area contributed by atoms with E-state index in [1.807, 2.05) is 11.3 Å². The summed E-state index contributed by atoms with van der Waals surface area (Å²) in [5, 5.41) is 3.29. The summed E-state index contributed by atoms with van der Waals surface area (Å²) in [5.41, 5.74) is 0. The average molecular weight is 342 g/mol. The van der Waals surface area contributed by atoms with Crippen molar-refractivity contribution in [3.63, 3.8) is 0 Å². The molecule has 0 aliphatic carbocycles. The number of nitrogens with zero attached hydrogens (tertiary/aromatic N) is 2.